The zero-order valence-corrected chi connectivity index (χ0v) is 14.5. The summed E-state index contributed by atoms with van der Waals surface area (Å²) in [5.41, 5.74) is 0. The first-order valence-corrected chi connectivity index (χ1v) is 9.02. The van der Waals surface area contributed by atoms with Crippen molar-refractivity contribution in [2.75, 3.05) is 27.2 Å². The second kappa shape index (κ2) is 6.46. The second-order valence-corrected chi connectivity index (χ2v) is 8.22. The number of carbonyl (C=O) groups is 1. The van der Waals surface area contributed by atoms with Gasteiger partial charge < -0.3 is 4.90 Å². The largest absolute Gasteiger partial charge is 0.349 e. The third-order valence-electron chi connectivity index (χ3n) is 3.70. The van der Waals surface area contributed by atoms with E-state index in [1.54, 1.807) is 43.3 Å². The zero-order chi connectivity index (χ0) is 15.6. The van der Waals surface area contributed by atoms with Gasteiger partial charge in [0.05, 0.1) is 4.90 Å². The molecule has 1 aliphatic rings. The maximum absolute atomic E-state index is 12.5. The number of hydrogen-bond donors (Lipinski definition) is 0. The molecule has 0 N–H and O–H groups in total. The highest BCUT2D eigenvalue weighted by Crippen LogP contribution is 2.25. The first kappa shape index (κ1) is 16.5. The molecule has 0 atom stereocenters. The SMILES string of the molecule is CN(C)C(=O)C1CCN(S(=O)(=O)c2ccc(Br)cc2)CC1. The minimum absolute atomic E-state index is 0.0728. The lowest BCUT2D eigenvalue weighted by molar-refractivity contribution is -0.134. The number of sulfonamides is 1. The maximum atomic E-state index is 12.5. The fourth-order valence-corrected chi connectivity index (χ4v) is 4.20. The van der Waals surface area contributed by atoms with Crippen molar-refractivity contribution in [3.8, 4) is 0 Å². The molecule has 5 nitrogen and oxygen atoms in total. The number of piperidine rings is 1. The van der Waals surface area contributed by atoms with E-state index >= 15 is 0 Å². The van der Waals surface area contributed by atoms with Gasteiger partial charge in [0.1, 0.15) is 0 Å². The Morgan fingerprint density at radius 3 is 2.19 bits per heavy atom. The molecule has 0 aromatic heterocycles. The van der Waals surface area contributed by atoms with Gasteiger partial charge in [0, 0.05) is 37.6 Å². The standard InChI is InChI=1S/C14H19BrN2O3S/c1-16(2)14(18)11-7-9-17(10-8-11)21(19,20)13-5-3-12(15)4-6-13/h3-6,11H,7-10H2,1-2H3. The summed E-state index contributed by atoms with van der Waals surface area (Å²) < 4.78 is 27.4. The van der Waals surface area contributed by atoms with Gasteiger partial charge >= 0.3 is 0 Å². The molecule has 0 radical (unpaired) electrons. The van der Waals surface area contributed by atoms with Crippen molar-refractivity contribution >= 4 is 31.9 Å². The molecule has 1 aliphatic heterocycles. The van der Waals surface area contributed by atoms with Crippen LogP contribution in [0.25, 0.3) is 0 Å². The average Bonchev–Trinajstić information content (AvgIpc) is 2.47. The number of carbonyl (C=O) groups excluding carboxylic acids is 1. The van der Waals surface area contributed by atoms with Crippen LogP contribution in [-0.4, -0.2) is 50.7 Å². The van der Waals surface area contributed by atoms with Crippen molar-refractivity contribution in [1.29, 1.82) is 0 Å². The fourth-order valence-electron chi connectivity index (χ4n) is 2.46. The molecular weight excluding hydrogens is 356 g/mol. The molecule has 116 valence electrons. The van der Waals surface area contributed by atoms with Crippen molar-refractivity contribution in [1.82, 2.24) is 9.21 Å². The quantitative estimate of drug-likeness (QED) is 0.812. The van der Waals surface area contributed by atoms with Crippen LogP contribution in [0.1, 0.15) is 12.8 Å². The van der Waals surface area contributed by atoms with Crippen molar-refractivity contribution in [2.45, 2.75) is 17.7 Å². The number of rotatable bonds is 3. The Morgan fingerprint density at radius 1 is 1.19 bits per heavy atom. The van der Waals surface area contributed by atoms with E-state index in [4.69, 9.17) is 0 Å². The van der Waals surface area contributed by atoms with Crippen molar-refractivity contribution in [2.24, 2.45) is 5.92 Å². The number of amides is 1. The van der Waals surface area contributed by atoms with Crippen LogP contribution in [0.15, 0.2) is 33.6 Å². The van der Waals surface area contributed by atoms with Crippen molar-refractivity contribution in [3.63, 3.8) is 0 Å². The van der Waals surface area contributed by atoms with Gasteiger partial charge in [0.25, 0.3) is 0 Å². The van der Waals surface area contributed by atoms with Gasteiger partial charge in [-0.3, -0.25) is 4.79 Å². The van der Waals surface area contributed by atoms with E-state index in [1.807, 2.05) is 0 Å². The molecule has 1 aromatic carbocycles. The molecule has 21 heavy (non-hydrogen) atoms. The number of benzene rings is 1. The molecule has 0 unspecified atom stereocenters. The third-order valence-corrected chi connectivity index (χ3v) is 6.14. The smallest absolute Gasteiger partial charge is 0.243 e. The minimum atomic E-state index is -3.46. The molecule has 0 spiro atoms. The van der Waals surface area contributed by atoms with Crippen molar-refractivity contribution in [3.05, 3.63) is 28.7 Å². The molecular formula is C14H19BrN2O3S. The Balaban J connectivity index is 2.07. The van der Waals surface area contributed by atoms with Crippen LogP contribution in [0.2, 0.25) is 0 Å². The topological polar surface area (TPSA) is 57.7 Å². The first-order valence-electron chi connectivity index (χ1n) is 6.79. The van der Waals surface area contributed by atoms with Crippen LogP contribution < -0.4 is 0 Å². The van der Waals surface area contributed by atoms with Crippen LogP contribution in [0.5, 0.6) is 0 Å². The van der Waals surface area contributed by atoms with Crippen LogP contribution in [0.4, 0.5) is 0 Å². The van der Waals surface area contributed by atoms with E-state index in [9.17, 15) is 13.2 Å². The highest BCUT2D eigenvalue weighted by atomic mass is 79.9. The Kier molecular flexibility index (Phi) is 5.06. The lowest BCUT2D eigenvalue weighted by atomic mass is 9.97. The summed E-state index contributed by atoms with van der Waals surface area (Å²) in [6.45, 7) is 0.783. The molecule has 0 aliphatic carbocycles. The van der Waals surface area contributed by atoms with Gasteiger partial charge in [-0.05, 0) is 37.1 Å². The summed E-state index contributed by atoms with van der Waals surface area (Å²) in [4.78, 5) is 13.8. The molecule has 0 bridgehead atoms. The maximum Gasteiger partial charge on any atom is 0.243 e. The number of halogens is 1. The van der Waals surface area contributed by atoms with E-state index in [2.05, 4.69) is 15.9 Å². The van der Waals surface area contributed by atoms with Gasteiger partial charge in [0.2, 0.25) is 15.9 Å². The summed E-state index contributed by atoms with van der Waals surface area (Å²) in [7, 11) is -0.00169. The highest BCUT2D eigenvalue weighted by molar-refractivity contribution is 9.10. The second-order valence-electron chi connectivity index (χ2n) is 5.36. The van der Waals surface area contributed by atoms with Crippen LogP contribution in [-0.2, 0) is 14.8 Å². The highest BCUT2D eigenvalue weighted by Gasteiger charge is 2.32. The van der Waals surface area contributed by atoms with E-state index in [0.717, 1.165) is 4.47 Å². The molecule has 2 rings (SSSR count). The van der Waals surface area contributed by atoms with Gasteiger partial charge in [-0.1, -0.05) is 15.9 Å². The van der Waals surface area contributed by atoms with E-state index in [-0.39, 0.29) is 11.8 Å². The summed E-state index contributed by atoms with van der Waals surface area (Å²) >= 11 is 3.29. The van der Waals surface area contributed by atoms with Gasteiger partial charge in [-0.25, -0.2) is 8.42 Å². The predicted molar refractivity (Wildman–Crippen MR) is 84.3 cm³/mol. The van der Waals surface area contributed by atoms with Gasteiger partial charge in [-0.15, -0.1) is 0 Å². The summed E-state index contributed by atoms with van der Waals surface area (Å²) in [6.07, 6.45) is 1.15. The monoisotopic (exact) mass is 374 g/mol. The van der Waals surface area contributed by atoms with E-state index < -0.39 is 10.0 Å². The van der Waals surface area contributed by atoms with Crippen LogP contribution >= 0.6 is 15.9 Å². The fraction of sp³-hybridized carbons (Fsp3) is 0.500. The molecule has 1 aromatic rings. The molecule has 1 fully saturated rings. The summed E-state index contributed by atoms with van der Waals surface area (Å²) in [5, 5.41) is 0. The number of hydrogen-bond acceptors (Lipinski definition) is 3. The lowest BCUT2D eigenvalue weighted by Gasteiger charge is -2.31. The Morgan fingerprint density at radius 2 is 1.71 bits per heavy atom. The predicted octanol–water partition coefficient (Wildman–Crippen LogP) is 1.94. The van der Waals surface area contributed by atoms with Crippen molar-refractivity contribution < 1.29 is 13.2 Å². The molecule has 1 heterocycles. The Labute approximate surface area is 134 Å². The van der Waals surface area contributed by atoms with Crippen LogP contribution in [0.3, 0.4) is 0 Å². The van der Waals surface area contributed by atoms with Gasteiger partial charge in [-0.2, -0.15) is 4.31 Å². The third kappa shape index (κ3) is 3.64. The van der Waals surface area contributed by atoms with Gasteiger partial charge in [0.15, 0.2) is 0 Å². The zero-order valence-electron chi connectivity index (χ0n) is 12.1. The minimum Gasteiger partial charge on any atom is -0.349 e. The van der Waals surface area contributed by atoms with Crippen LogP contribution in [0, 0.1) is 5.92 Å². The lowest BCUT2D eigenvalue weighted by Crippen LogP contribution is -2.42. The van der Waals surface area contributed by atoms with E-state index in [1.165, 1.54) is 4.31 Å². The molecule has 1 saturated heterocycles. The normalized spacial score (nSPS) is 17.7. The Bertz CT molecular complexity index is 606. The number of nitrogens with zero attached hydrogens (tertiary/aromatic N) is 2. The average molecular weight is 375 g/mol. The molecule has 0 saturated carbocycles. The summed E-state index contributed by atoms with van der Waals surface area (Å²) in [5.74, 6) is 0.00653. The molecule has 1 amide bonds. The molecule has 7 heteroatoms. The Hall–Kier alpha value is -0.920. The first-order chi connectivity index (χ1) is 9.82. The van der Waals surface area contributed by atoms with E-state index in [0.29, 0.717) is 30.8 Å². The summed E-state index contributed by atoms with van der Waals surface area (Å²) in [6, 6.07) is 6.62.